The Labute approximate surface area is 76.1 Å². The van der Waals surface area contributed by atoms with Crippen molar-refractivity contribution < 1.29 is 14.7 Å². The summed E-state index contributed by atoms with van der Waals surface area (Å²) in [6.07, 6.45) is 0. The number of carbonyl (C=O) groups excluding carboxylic acids is 1. The van der Waals surface area contributed by atoms with Gasteiger partial charge in [-0.1, -0.05) is 0 Å². The molecule has 1 amide bonds. The lowest BCUT2D eigenvalue weighted by Crippen LogP contribution is -2.18. The Morgan fingerprint density at radius 1 is 1.46 bits per heavy atom. The van der Waals surface area contributed by atoms with Crippen LogP contribution in [0.3, 0.4) is 0 Å². The van der Waals surface area contributed by atoms with E-state index < -0.39 is 5.91 Å². The van der Waals surface area contributed by atoms with Crippen LogP contribution in [0.25, 0.3) is 0 Å². The lowest BCUT2D eigenvalue weighted by atomic mass is 10.1. The van der Waals surface area contributed by atoms with Gasteiger partial charge in [-0.2, -0.15) is 0 Å². The number of hydrogen-bond acceptors (Lipinski definition) is 3. The van der Waals surface area contributed by atoms with E-state index in [2.05, 4.69) is 0 Å². The molecule has 0 fully saturated rings. The van der Waals surface area contributed by atoms with Gasteiger partial charge in [-0.25, -0.2) is 5.48 Å². The van der Waals surface area contributed by atoms with Crippen LogP contribution in [-0.4, -0.2) is 18.2 Å². The maximum Gasteiger partial charge on any atom is 0.274 e. The van der Waals surface area contributed by atoms with E-state index in [9.17, 15) is 4.79 Å². The van der Waals surface area contributed by atoms with Gasteiger partial charge >= 0.3 is 0 Å². The van der Waals surface area contributed by atoms with Crippen LogP contribution in [0.2, 0.25) is 0 Å². The van der Waals surface area contributed by atoms with Crippen LogP contribution < -0.4 is 10.2 Å². The van der Waals surface area contributed by atoms with Crippen molar-refractivity contribution in [1.29, 1.82) is 0 Å². The predicted octanol–water partition coefficient (Wildman–Crippen LogP) is 1.12. The number of ether oxygens (including phenoxy) is 1. The zero-order valence-corrected chi connectivity index (χ0v) is 7.50. The smallest absolute Gasteiger partial charge is 0.274 e. The molecule has 1 aromatic carbocycles. The highest BCUT2D eigenvalue weighted by molar-refractivity contribution is 5.93. The van der Waals surface area contributed by atoms with E-state index in [0.29, 0.717) is 11.3 Å². The van der Waals surface area contributed by atoms with E-state index in [1.54, 1.807) is 23.7 Å². The molecule has 0 heterocycles. The van der Waals surface area contributed by atoms with Crippen molar-refractivity contribution in [3.05, 3.63) is 29.3 Å². The lowest BCUT2D eigenvalue weighted by Gasteiger charge is -2.04. The third kappa shape index (κ3) is 2.19. The largest absolute Gasteiger partial charge is 0.497 e. The van der Waals surface area contributed by atoms with Gasteiger partial charge in [0.25, 0.3) is 5.91 Å². The molecule has 0 unspecified atom stereocenters. The summed E-state index contributed by atoms with van der Waals surface area (Å²) in [7, 11) is 1.52. The quantitative estimate of drug-likeness (QED) is 0.531. The number of methoxy groups -OCH3 is 1. The van der Waals surface area contributed by atoms with E-state index in [1.165, 1.54) is 7.11 Å². The average Bonchev–Trinajstić information content (AvgIpc) is 2.15. The first kappa shape index (κ1) is 9.54. The number of benzene rings is 1. The molecule has 13 heavy (non-hydrogen) atoms. The Morgan fingerprint density at radius 3 is 2.69 bits per heavy atom. The maximum atomic E-state index is 11.0. The summed E-state index contributed by atoms with van der Waals surface area (Å²) in [5.74, 6) is 0.0561. The second-order valence-corrected chi connectivity index (χ2v) is 2.68. The molecule has 0 saturated heterocycles. The summed E-state index contributed by atoms with van der Waals surface area (Å²) < 4.78 is 4.97. The molecule has 4 heteroatoms. The van der Waals surface area contributed by atoms with Gasteiger partial charge in [-0.3, -0.25) is 10.0 Å². The summed E-state index contributed by atoms with van der Waals surface area (Å²) in [6.45, 7) is 1.84. The van der Waals surface area contributed by atoms with Gasteiger partial charge in [-0.05, 0) is 30.7 Å². The molecule has 0 atom stereocenters. The van der Waals surface area contributed by atoms with Gasteiger partial charge in [0.2, 0.25) is 0 Å². The van der Waals surface area contributed by atoms with Crippen LogP contribution in [0, 0.1) is 6.92 Å². The van der Waals surface area contributed by atoms with E-state index in [0.717, 1.165) is 5.56 Å². The Hall–Kier alpha value is -1.55. The number of rotatable bonds is 2. The van der Waals surface area contributed by atoms with Gasteiger partial charge in [0.1, 0.15) is 5.75 Å². The molecule has 0 aromatic heterocycles. The second kappa shape index (κ2) is 3.91. The first-order valence-corrected chi connectivity index (χ1v) is 3.77. The van der Waals surface area contributed by atoms with Crippen LogP contribution in [0.5, 0.6) is 5.75 Å². The van der Waals surface area contributed by atoms with Crippen LogP contribution in [0.15, 0.2) is 18.2 Å². The minimum atomic E-state index is -0.540. The normalized spacial score (nSPS) is 9.46. The number of aryl methyl sites for hydroxylation is 1. The van der Waals surface area contributed by atoms with Crippen molar-refractivity contribution in [2.45, 2.75) is 6.92 Å². The van der Waals surface area contributed by atoms with Gasteiger partial charge < -0.3 is 4.74 Å². The maximum absolute atomic E-state index is 11.0. The topological polar surface area (TPSA) is 58.6 Å². The number of nitrogens with one attached hydrogen (secondary N) is 1. The monoisotopic (exact) mass is 181 g/mol. The average molecular weight is 181 g/mol. The van der Waals surface area contributed by atoms with Crippen molar-refractivity contribution in [3.8, 4) is 5.75 Å². The van der Waals surface area contributed by atoms with Crippen molar-refractivity contribution in [2.75, 3.05) is 7.11 Å². The summed E-state index contributed by atoms with van der Waals surface area (Å²) in [4.78, 5) is 11.0. The van der Waals surface area contributed by atoms with Crippen molar-refractivity contribution in [3.63, 3.8) is 0 Å². The summed E-state index contributed by atoms with van der Waals surface area (Å²) in [6, 6.07) is 5.01. The molecule has 0 aliphatic rings. The molecule has 1 rings (SSSR count). The minimum Gasteiger partial charge on any atom is -0.497 e. The zero-order valence-electron chi connectivity index (χ0n) is 7.50. The number of carbonyl (C=O) groups is 1. The summed E-state index contributed by atoms with van der Waals surface area (Å²) in [5, 5.41) is 8.40. The number of hydrogen-bond donors (Lipinski definition) is 2. The Balaban J connectivity index is 3.08. The van der Waals surface area contributed by atoms with Crippen LogP contribution >= 0.6 is 0 Å². The predicted molar refractivity (Wildman–Crippen MR) is 47.0 cm³/mol. The van der Waals surface area contributed by atoms with Crippen molar-refractivity contribution in [2.24, 2.45) is 0 Å². The number of hydroxylamine groups is 1. The molecule has 0 saturated carbocycles. The third-order valence-corrected chi connectivity index (χ3v) is 1.65. The van der Waals surface area contributed by atoms with E-state index in [-0.39, 0.29) is 0 Å². The highest BCUT2D eigenvalue weighted by Crippen LogP contribution is 2.15. The fourth-order valence-corrected chi connectivity index (χ4v) is 1.06. The van der Waals surface area contributed by atoms with E-state index in [1.807, 2.05) is 6.92 Å². The fourth-order valence-electron chi connectivity index (χ4n) is 1.06. The van der Waals surface area contributed by atoms with Gasteiger partial charge in [0.05, 0.1) is 7.11 Å². The van der Waals surface area contributed by atoms with Crippen molar-refractivity contribution in [1.82, 2.24) is 5.48 Å². The van der Waals surface area contributed by atoms with Crippen LogP contribution in [0.1, 0.15) is 15.9 Å². The SMILES string of the molecule is COc1cc(C)cc(C(=O)NO)c1. The first-order chi connectivity index (χ1) is 6.17. The highest BCUT2D eigenvalue weighted by atomic mass is 16.5. The van der Waals surface area contributed by atoms with Gasteiger partial charge in [0.15, 0.2) is 0 Å². The number of amides is 1. The van der Waals surface area contributed by atoms with Gasteiger partial charge in [-0.15, -0.1) is 0 Å². The van der Waals surface area contributed by atoms with Crippen LogP contribution in [-0.2, 0) is 0 Å². The highest BCUT2D eigenvalue weighted by Gasteiger charge is 2.05. The van der Waals surface area contributed by atoms with Crippen molar-refractivity contribution >= 4 is 5.91 Å². The Morgan fingerprint density at radius 2 is 2.15 bits per heavy atom. The van der Waals surface area contributed by atoms with Crippen LogP contribution in [0.4, 0.5) is 0 Å². The molecule has 0 aliphatic carbocycles. The second-order valence-electron chi connectivity index (χ2n) is 2.68. The standard InChI is InChI=1S/C9H11NO3/c1-6-3-7(9(11)10-12)5-8(4-6)13-2/h3-5,12H,1-2H3,(H,10,11). The Bertz CT molecular complexity index is 323. The molecular formula is C9H11NO3. The van der Waals surface area contributed by atoms with E-state index in [4.69, 9.17) is 9.94 Å². The molecular weight excluding hydrogens is 170 g/mol. The molecule has 4 nitrogen and oxygen atoms in total. The fraction of sp³-hybridized carbons (Fsp3) is 0.222. The summed E-state index contributed by atoms with van der Waals surface area (Å²) in [5.41, 5.74) is 2.84. The van der Waals surface area contributed by atoms with Gasteiger partial charge in [0, 0.05) is 5.56 Å². The molecule has 0 bridgehead atoms. The molecule has 2 N–H and O–H groups in total. The summed E-state index contributed by atoms with van der Waals surface area (Å²) >= 11 is 0. The lowest BCUT2D eigenvalue weighted by molar-refractivity contribution is 0.0706. The van der Waals surface area contributed by atoms with E-state index >= 15 is 0 Å². The molecule has 0 spiro atoms. The third-order valence-electron chi connectivity index (χ3n) is 1.65. The molecule has 0 radical (unpaired) electrons. The molecule has 1 aromatic rings. The Kier molecular flexibility index (Phi) is 2.87. The molecule has 0 aliphatic heterocycles. The molecule has 70 valence electrons. The first-order valence-electron chi connectivity index (χ1n) is 3.77. The zero-order chi connectivity index (χ0) is 9.84. The minimum absolute atomic E-state index is 0.374.